The van der Waals surface area contributed by atoms with Crippen molar-refractivity contribution in [3.8, 4) is 0 Å². The van der Waals surface area contributed by atoms with Crippen molar-refractivity contribution in [2.75, 3.05) is 0 Å². The van der Waals surface area contributed by atoms with Crippen molar-refractivity contribution in [1.82, 2.24) is 14.8 Å². The van der Waals surface area contributed by atoms with Gasteiger partial charge in [-0.1, -0.05) is 30.3 Å². The van der Waals surface area contributed by atoms with Crippen LogP contribution in [0.3, 0.4) is 0 Å². The predicted octanol–water partition coefficient (Wildman–Crippen LogP) is 3.98. The van der Waals surface area contributed by atoms with E-state index in [9.17, 15) is 28.4 Å². The number of rotatable bonds is 5. The molecular weight excluding hydrogens is 397 g/mol. The Labute approximate surface area is 161 Å². The summed E-state index contributed by atoms with van der Waals surface area (Å²) in [6, 6.07) is 11.0. The maximum atomic E-state index is 12.8. The Hall–Kier alpha value is -2.92. The molecule has 0 saturated carbocycles. The Morgan fingerprint density at radius 2 is 1.86 bits per heavy atom. The average Bonchev–Trinajstić information content (AvgIpc) is 3.01. The first-order valence-corrected chi connectivity index (χ1v) is 8.66. The summed E-state index contributed by atoms with van der Waals surface area (Å²) in [5, 5.41) is 29.7. The number of aliphatic hydroxyl groups is 1. The van der Waals surface area contributed by atoms with Crippen molar-refractivity contribution in [1.29, 1.82) is 0 Å². The monoisotopic (exact) mass is 410 g/mol. The molecule has 1 unspecified atom stereocenters. The van der Waals surface area contributed by atoms with Crippen LogP contribution in [-0.4, -0.2) is 24.8 Å². The van der Waals surface area contributed by atoms with E-state index in [1.54, 1.807) is 37.4 Å². The highest BCUT2D eigenvalue weighted by Gasteiger charge is 2.33. The molecule has 2 aromatic carbocycles. The minimum Gasteiger partial charge on any atom is -0.380 e. The van der Waals surface area contributed by atoms with Gasteiger partial charge in [-0.25, -0.2) is 0 Å². The number of halogens is 3. The van der Waals surface area contributed by atoms with Crippen molar-refractivity contribution < 1.29 is 23.2 Å². The molecule has 0 amide bonds. The fourth-order valence-corrected chi connectivity index (χ4v) is 3.34. The number of benzene rings is 2. The van der Waals surface area contributed by atoms with E-state index >= 15 is 0 Å². The molecule has 0 spiro atoms. The molecule has 1 N–H and O–H groups in total. The van der Waals surface area contributed by atoms with E-state index in [0.717, 1.165) is 23.9 Å². The first kappa shape index (κ1) is 19.8. The molecule has 146 valence electrons. The number of hydrogen-bond donors (Lipinski definition) is 1. The van der Waals surface area contributed by atoms with Crippen LogP contribution in [0.2, 0.25) is 0 Å². The van der Waals surface area contributed by atoms with Gasteiger partial charge in [0.2, 0.25) is 0 Å². The number of nitrogens with zero attached hydrogens (tertiary/aromatic N) is 4. The lowest BCUT2D eigenvalue weighted by atomic mass is 10.1. The van der Waals surface area contributed by atoms with Crippen LogP contribution in [0.15, 0.2) is 58.6 Å². The Kier molecular flexibility index (Phi) is 5.38. The molecule has 0 saturated heterocycles. The summed E-state index contributed by atoms with van der Waals surface area (Å²) in [5.41, 5.74) is -1.22. The fourth-order valence-electron chi connectivity index (χ4n) is 2.46. The molecular formula is C17H13F3N4O3S. The summed E-state index contributed by atoms with van der Waals surface area (Å²) in [7, 11) is 1.56. The zero-order valence-corrected chi connectivity index (χ0v) is 15.1. The van der Waals surface area contributed by atoms with Gasteiger partial charge in [-0.3, -0.25) is 10.1 Å². The normalized spacial score (nSPS) is 12.8. The second-order valence-corrected chi connectivity index (χ2v) is 6.76. The molecule has 0 aliphatic rings. The molecule has 1 heterocycles. The Bertz CT molecular complexity index is 1010. The third kappa shape index (κ3) is 3.99. The number of nitro groups is 1. The Morgan fingerprint density at radius 1 is 1.18 bits per heavy atom. The van der Waals surface area contributed by atoms with Gasteiger partial charge in [0.1, 0.15) is 6.10 Å². The number of nitro benzene ring substituents is 1. The van der Waals surface area contributed by atoms with Crippen molar-refractivity contribution >= 4 is 17.4 Å². The lowest BCUT2D eigenvalue weighted by Crippen LogP contribution is -2.08. The summed E-state index contributed by atoms with van der Waals surface area (Å²) >= 11 is 0.791. The van der Waals surface area contributed by atoms with E-state index in [4.69, 9.17) is 0 Å². The highest BCUT2D eigenvalue weighted by Crippen LogP contribution is 2.39. The van der Waals surface area contributed by atoms with E-state index in [0.29, 0.717) is 11.6 Å². The molecule has 7 nitrogen and oxygen atoms in total. The number of hydrogen-bond acceptors (Lipinski definition) is 6. The molecule has 0 radical (unpaired) electrons. The summed E-state index contributed by atoms with van der Waals surface area (Å²) < 4.78 is 39.9. The first-order valence-electron chi connectivity index (χ1n) is 7.84. The van der Waals surface area contributed by atoms with Crippen LogP contribution >= 0.6 is 11.8 Å². The van der Waals surface area contributed by atoms with Crippen LogP contribution in [0.5, 0.6) is 0 Å². The minimum absolute atomic E-state index is 0.0192. The van der Waals surface area contributed by atoms with E-state index in [2.05, 4.69) is 10.2 Å². The van der Waals surface area contributed by atoms with E-state index in [1.807, 2.05) is 0 Å². The second-order valence-electron chi connectivity index (χ2n) is 5.75. The maximum Gasteiger partial charge on any atom is 0.416 e. The molecule has 0 bridgehead atoms. The molecule has 0 fully saturated rings. The molecule has 28 heavy (non-hydrogen) atoms. The zero-order valence-electron chi connectivity index (χ0n) is 14.3. The van der Waals surface area contributed by atoms with Crippen molar-refractivity contribution in [3.63, 3.8) is 0 Å². The zero-order chi connectivity index (χ0) is 20.5. The van der Waals surface area contributed by atoms with Crippen LogP contribution < -0.4 is 0 Å². The van der Waals surface area contributed by atoms with E-state index in [1.165, 1.54) is 4.57 Å². The maximum absolute atomic E-state index is 12.8. The topological polar surface area (TPSA) is 94.1 Å². The quantitative estimate of drug-likeness (QED) is 0.505. The van der Waals surface area contributed by atoms with Gasteiger partial charge in [0.05, 0.1) is 15.4 Å². The Balaban J connectivity index is 1.93. The van der Waals surface area contributed by atoms with Crippen molar-refractivity contribution in [2.24, 2.45) is 7.05 Å². The molecule has 11 heteroatoms. The summed E-state index contributed by atoms with van der Waals surface area (Å²) in [5.74, 6) is 0.197. The van der Waals surface area contributed by atoms with Gasteiger partial charge in [-0.2, -0.15) is 13.2 Å². The summed E-state index contributed by atoms with van der Waals surface area (Å²) in [6.45, 7) is 0. The lowest BCUT2D eigenvalue weighted by Gasteiger charge is -2.11. The summed E-state index contributed by atoms with van der Waals surface area (Å²) in [4.78, 5) is 10.3. The van der Waals surface area contributed by atoms with Crippen molar-refractivity contribution in [3.05, 3.63) is 75.6 Å². The van der Waals surface area contributed by atoms with E-state index in [-0.39, 0.29) is 15.9 Å². The minimum atomic E-state index is -4.69. The van der Waals surface area contributed by atoms with Crippen LogP contribution in [-0.2, 0) is 13.2 Å². The smallest absolute Gasteiger partial charge is 0.380 e. The lowest BCUT2D eigenvalue weighted by molar-refractivity contribution is -0.388. The van der Waals surface area contributed by atoms with Crippen molar-refractivity contribution in [2.45, 2.75) is 22.3 Å². The molecule has 3 aromatic rings. The molecule has 0 aliphatic carbocycles. The number of alkyl halides is 3. The van der Waals surface area contributed by atoms with Gasteiger partial charge in [0.25, 0.3) is 5.69 Å². The predicted molar refractivity (Wildman–Crippen MR) is 93.7 cm³/mol. The third-order valence-corrected chi connectivity index (χ3v) is 5.02. The molecule has 1 atom stereocenters. The average molecular weight is 410 g/mol. The molecule has 3 rings (SSSR count). The van der Waals surface area contributed by atoms with E-state index < -0.39 is 28.5 Å². The number of aromatic nitrogens is 3. The van der Waals surface area contributed by atoms with Crippen LogP contribution in [0.25, 0.3) is 0 Å². The Morgan fingerprint density at radius 3 is 2.46 bits per heavy atom. The molecule has 0 aliphatic heterocycles. The SMILES string of the molecule is Cn1c(Sc2ccc(C(F)(F)F)cc2[N+](=O)[O-])nnc1C(O)c1ccccc1. The van der Waals surface area contributed by atoms with Crippen LogP contribution in [0.4, 0.5) is 18.9 Å². The first-order chi connectivity index (χ1) is 13.2. The number of aliphatic hydroxyl groups excluding tert-OH is 1. The summed E-state index contributed by atoms with van der Waals surface area (Å²) in [6.07, 6.45) is -5.76. The largest absolute Gasteiger partial charge is 0.416 e. The van der Waals surface area contributed by atoms with Gasteiger partial charge in [-0.05, 0) is 29.5 Å². The van der Waals surface area contributed by atoms with Gasteiger partial charge < -0.3 is 9.67 Å². The molecule has 1 aromatic heterocycles. The highest BCUT2D eigenvalue weighted by atomic mass is 32.2. The van der Waals surface area contributed by atoms with Gasteiger partial charge >= 0.3 is 6.18 Å². The van der Waals surface area contributed by atoms with Gasteiger partial charge in [-0.15, -0.1) is 10.2 Å². The van der Waals surface area contributed by atoms with Crippen LogP contribution in [0, 0.1) is 10.1 Å². The van der Waals surface area contributed by atoms with Crippen LogP contribution in [0.1, 0.15) is 23.1 Å². The third-order valence-electron chi connectivity index (χ3n) is 3.91. The van der Waals surface area contributed by atoms with Gasteiger partial charge in [0, 0.05) is 13.1 Å². The highest BCUT2D eigenvalue weighted by molar-refractivity contribution is 7.99. The fraction of sp³-hybridized carbons (Fsp3) is 0.176. The standard InChI is InChI=1S/C17H13F3N4O3S/c1-23-15(14(25)10-5-3-2-4-6-10)21-22-16(23)28-13-8-7-11(17(18,19)20)9-12(13)24(26)27/h2-9,14,25H,1H3. The van der Waals surface area contributed by atoms with Gasteiger partial charge in [0.15, 0.2) is 11.0 Å². The second kappa shape index (κ2) is 7.60.